The van der Waals surface area contributed by atoms with Gasteiger partial charge in [-0.2, -0.15) is 0 Å². The first-order chi connectivity index (χ1) is 8.21. The Morgan fingerprint density at radius 3 is 2.82 bits per heavy atom. The lowest BCUT2D eigenvalue weighted by atomic mass is 9.77. The highest BCUT2D eigenvalue weighted by molar-refractivity contribution is 5.40. The van der Waals surface area contributed by atoms with Crippen LogP contribution in [0.5, 0.6) is 5.75 Å². The number of hydrogen-bond acceptors (Lipinski definition) is 2. The molecule has 1 heterocycles. The highest BCUT2D eigenvalue weighted by atomic mass is 16.5. The third kappa shape index (κ3) is 1.75. The fourth-order valence-corrected chi connectivity index (χ4v) is 3.57. The summed E-state index contributed by atoms with van der Waals surface area (Å²) < 4.78 is 6.37. The molecule has 0 radical (unpaired) electrons. The van der Waals surface area contributed by atoms with Crippen LogP contribution in [0.2, 0.25) is 0 Å². The molecule has 92 valence electrons. The van der Waals surface area contributed by atoms with Gasteiger partial charge in [0.15, 0.2) is 0 Å². The lowest BCUT2D eigenvalue weighted by Crippen LogP contribution is -2.55. The zero-order valence-electron chi connectivity index (χ0n) is 10.8. The van der Waals surface area contributed by atoms with Gasteiger partial charge in [-0.15, -0.1) is 0 Å². The van der Waals surface area contributed by atoms with Gasteiger partial charge < -0.3 is 9.64 Å². The van der Waals surface area contributed by atoms with Crippen molar-refractivity contribution in [2.24, 2.45) is 0 Å². The third-order valence-corrected chi connectivity index (χ3v) is 4.33. The molecule has 1 aliphatic heterocycles. The Bertz CT molecular complexity index is 388. The average molecular weight is 231 g/mol. The molecule has 1 spiro atoms. The van der Waals surface area contributed by atoms with Gasteiger partial charge in [0.05, 0.1) is 0 Å². The number of benzene rings is 1. The fourth-order valence-electron chi connectivity index (χ4n) is 3.57. The van der Waals surface area contributed by atoms with E-state index in [1.807, 2.05) is 0 Å². The van der Waals surface area contributed by atoms with Crippen molar-refractivity contribution < 1.29 is 4.74 Å². The summed E-state index contributed by atoms with van der Waals surface area (Å²) in [6.45, 7) is 0. The summed E-state index contributed by atoms with van der Waals surface area (Å²) in [4.78, 5) is 2.35. The van der Waals surface area contributed by atoms with Gasteiger partial charge in [-0.3, -0.25) is 0 Å². The molecule has 1 aromatic carbocycles. The summed E-state index contributed by atoms with van der Waals surface area (Å²) >= 11 is 0. The lowest BCUT2D eigenvalue weighted by Gasteiger charge is -2.44. The second-order valence-corrected chi connectivity index (χ2v) is 5.68. The molecule has 2 aliphatic rings. The Labute approximate surface area is 104 Å². The monoisotopic (exact) mass is 231 g/mol. The van der Waals surface area contributed by atoms with E-state index in [9.17, 15) is 0 Å². The van der Waals surface area contributed by atoms with Crippen LogP contribution in [0.15, 0.2) is 24.3 Å². The Kier molecular flexibility index (Phi) is 2.62. The van der Waals surface area contributed by atoms with E-state index in [0.29, 0.717) is 6.04 Å². The molecule has 1 fully saturated rings. The number of para-hydroxylation sites is 1. The Balaban J connectivity index is 1.92. The van der Waals surface area contributed by atoms with E-state index < -0.39 is 0 Å². The van der Waals surface area contributed by atoms with E-state index >= 15 is 0 Å². The highest BCUT2D eigenvalue weighted by Gasteiger charge is 2.47. The molecule has 0 saturated heterocycles. The second kappa shape index (κ2) is 4.02. The minimum Gasteiger partial charge on any atom is -0.485 e. The van der Waals surface area contributed by atoms with E-state index in [1.54, 1.807) is 0 Å². The third-order valence-electron chi connectivity index (χ3n) is 4.33. The summed E-state index contributed by atoms with van der Waals surface area (Å²) in [5.74, 6) is 1.11. The van der Waals surface area contributed by atoms with E-state index in [1.165, 1.54) is 31.2 Å². The summed E-state index contributed by atoms with van der Waals surface area (Å²) in [7, 11) is 4.37. The first-order valence-corrected chi connectivity index (χ1v) is 6.65. The van der Waals surface area contributed by atoms with Crippen molar-refractivity contribution in [3.8, 4) is 5.75 Å². The molecule has 2 nitrogen and oxygen atoms in total. The topological polar surface area (TPSA) is 12.5 Å². The predicted octanol–water partition coefficient (Wildman–Crippen LogP) is 2.86. The largest absolute Gasteiger partial charge is 0.485 e. The minimum absolute atomic E-state index is 0.0471. The van der Waals surface area contributed by atoms with Crippen molar-refractivity contribution in [2.75, 3.05) is 14.1 Å². The number of rotatable bonds is 1. The number of fused-ring (bicyclic) bond motifs is 1. The SMILES string of the molecule is CN(C)C1CCCC[C@@]12Cc1ccccc1O2. The quantitative estimate of drug-likeness (QED) is 0.737. The summed E-state index contributed by atoms with van der Waals surface area (Å²) in [5, 5.41) is 0. The van der Waals surface area contributed by atoms with E-state index in [-0.39, 0.29) is 5.60 Å². The second-order valence-electron chi connectivity index (χ2n) is 5.68. The smallest absolute Gasteiger partial charge is 0.129 e. The van der Waals surface area contributed by atoms with Crippen LogP contribution < -0.4 is 4.74 Å². The van der Waals surface area contributed by atoms with Crippen LogP contribution in [0.1, 0.15) is 31.2 Å². The molecule has 1 aromatic rings. The van der Waals surface area contributed by atoms with Crippen LogP contribution in [0.25, 0.3) is 0 Å². The fraction of sp³-hybridized carbons (Fsp3) is 0.600. The highest BCUT2D eigenvalue weighted by Crippen LogP contribution is 2.44. The molecule has 17 heavy (non-hydrogen) atoms. The minimum atomic E-state index is 0.0471. The van der Waals surface area contributed by atoms with Crippen LogP contribution in [-0.2, 0) is 6.42 Å². The summed E-state index contributed by atoms with van der Waals surface area (Å²) in [6, 6.07) is 9.08. The van der Waals surface area contributed by atoms with E-state index in [2.05, 4.69) is 43.3 Å². The number of likely N-dealkylation sites (N-methyl/N-ethyl adjacent to an activating group) is 1. The van der Waals surface area contributed by atoms with Crippen LogP contribution >= 0.6 is 0 Å². The van der Waals surface area contributed by atoms with Crippen molar-refractivity contribution in [2.45, 2.75) is 43.7 Å². The molecule has 1 saturated carbocycles. The van der Waals surface area contributed by atoms with Crippen molar-refractivity contribution in [3.05, 3.63) is 29.8 Å². The maximum absolute atomic E-state index is 6.37. The van der Waals surface area contributed by atoms with Gasteiger partial charge in [-0.25, -0.2) is 0 Å². The van der Waals surface area contributed by atoms with Crippen LogP contribution in [-0.4, -0.2) is 30.6 Å². The Morgan fingerprint density at radius 1 is 1.24 bits per heavy atom. The zero-order chi connectivity index (χ0) is 11.9. The predicted molar refractivity (Wildman–Crippen MR) is 69.4 cm³/mol. The molecule has 1 unspecified atom stereocenters. The summed E-state index contributed by atoms with van der Waals surface area (Å²) in [5.41, 5.74) is 1.44. The number of nitrogens with zero attached hydrogens (tertiary/aromatic N) is 1. The van der Waals surface area contributed by atoms with E-state index in [0.717, 1.165) is 12.2 Å². The van der Waals surface area contributed by atoms with Crippen molar-refractivity contribution in [3.63, 3.8) is 0 Å². The molecular formula is C15H21NO. The number of ether oxygens (including phenoxy) is 1. The molecule has 2 heteroatoms. The maximum atomic E-state index is 6.37. The van der Waals surface area contributed by atoms with Crippen molar-refractivity contribution in [1.29, 1.82) is 0 Å². The van der Waals surface area contributed by atoms with Gasteiger partial charge in [0.2, 0.25) is 0 Å². The van der Waals surface area contributed by atoms with Crippen LogP contribution in [0, 0.1) is 0 Å². The standard InChI is InChI=1S/C15H21NO/c1-16(2)14-9-5-6-10-15(14)11-12-7-3-4-8-13(12)17-15/h3-4,7-8,14H,5-6,9-11H2,1-2H3/t14?,15-/m1/s1. The van der Waals surface area contributed by atoms with Gasteiger partial charge in [0.1, 0.15) is 11.4 Å². The Morgan fingerprint density at radius 2 is 2.06 bits per heavy atom. The van der Waals surface area contributed by atoms with Gasteiger partial charge in [-0.1, -0.05) is 24.6 Å². The molecule has 0 aromatic heterocycles. The lowest BCUT2D eigenvalue weighted by molar-refractivity contribution is -0.0222. The Hall–Kier alpha value is -1.02. The van der Waals surface area contributed by atoms with Crippen LogP contribution in [0.3, 0.4) is 0 Å². The normalized spacial score (nSPS) is 31.6. The molecule has 1 aliphatic carbocycles. The maximum Gasteiger partial charge on any atom is 0.129 e. The summed E-state index contributed by atoms with van der Waals surface area (Å²) in [6.07, 6.45) is 6.19. The van der Waals surface area contributed by atoms with E-state index in [4.69, 9.17) is 4.74 Å². The van der Waals surface area contributed by atoms with Crippen molar-refractivity contribution in [1.82, 2.24) is 4.90 Å². The molecule has 0 bridgehead atoms. The molecule has 2 atom stereocenters. The first kappa shape index (κ1) is 11.1. The van der Waals surface area contributed by atoms with Gasteiger partial charge >= 0.3 is 0 Å². The number of hydrogen-bond donors (Lipinski definition) is 0. The molecule has 0 N–H and O–H groups in total. The van der Waals surface area contributed by atoms with Gasteiger partial charge in [-0.05, 0) is 45.0 Å². The average Bonchev–Trinajstić information content (AvgIpc) is 2.67. The molecule has 0 amide bonds. The molecular weight excluding hydrogens is 210 g/mol. The van der Waals surface area contributed by atoms with Gasteiger partial charge in [0, 0.05) is 12.5 Å². The zero-order valence-corrected chi connectivity index (χ0v) is 10.8. The molecule has 3 rings (SSSR count). The van der Waals surface area contributed by atoms with Gasteiger partial charge in [0.25, 0.3) is 0 Å². The first-order valence-electron chi connectivity index (χ1n) is 6.65. The van der Waals surface area contributed by atoms with Crippen molar-refractivity contribution >= 4 is 0 Å². The van der Waals surface area contributed by atoms with Crippen LogP contribution in [0.4, 0.5) is 0 Å².